The van der Waals surface area contributed by atoms with E-state index in [0.717, 1.165) is 0 Å². The van der Waals surface area contributed by atoms with Gasteiger partial charge in [-0.15, -0.1) is 0 Å². The second-order valence-corrected chi connectivity index (χ2v) is 2.06. The van der Waals surface area contributed by atoms with Crippen LogP contribution in [0, 0.1) is 0 Å². The van der Waals surface area contributed by atoms with Crippen LogP contribution in [0.1, 0.15) is 20.3 Å². The number of carboxylic acids is 1. The van der Waals surface area contributed by atoms with Crippen LogP contribution in [0.3, 0.4) is 0 Å². The van der Waals surface area contributed by atoms with Crippen LogP contribution >= 0.6 is 0 Å². The molecule has 8 heavy (non-hydrogen) atoms. The van der Waals surface area contributed by atoms with Crippen LogP contribution in [-0.4, -0.2) is 11.5 Å². The fourth-order valence-corrected chi connectivity index (χ4v) is 0.144. The molecule has 1 atom stereocenters. The van der Waals surface area contributed by atoms with Crippen LogP contribution in [-0.2, 0) is 4.79 Å². The Hall–Kier alpha value is -0.570. The smallest absolute Gasteiger partial charge is 0.0610 e. The molecule has 0 aliphatic carbocycles. The molecule has 0 saturated carbocycles. The molecule has 0 amide bonds. The predicted octanol–water partition coefficient (Wildman–Crippen LogP) is -1.14. The van der Waals surface area contributed by atoms with E-state index in [4.69, 9.17) is 5.73 Å². The minimum absolute atomic E-state index is 0.398. The monoisotopic (exact) mass is 116 g/mol. The minimum atomic E-state index is -1.19. The fourth-order valence-electron chi connectivity index (χ4n) is 0.144. The summed E-state index contributed by atoms with van der Waals surface area (Å²) in [7, 11) is 0. The average molecular weight is 116 g/mol. The van der Waals surface area contributed by atoms with Gasteiger partial charge in [0.1, 0.15) is 0 Å². The van der Waals surface area contributed by atoms with Crippen molar-refractivity contribution < 1.29 is 9.90 Å². The molecule has 0 aliphatic rings. The Morgan fingerprint density at radius 2 is 2.25 bits per heavy atom. The fraction of sp³-hybridized carbons (Fsp3) is 0.800. The van der Waals surface area contributed by atoms with Crippen molar-refractivity contribution in [2.75, 3.05) is 0 Å². The molecule has 48 valence electrons. The molecule has 0 aliphatic heterocycles. The van der Waals surface area contributed by atoms with Gasteiger partial charge in [-0.05, 0) is 13.3 Å². The molecular weight excluding hydrogens is 106 g/mol. The van der Waals surface area contributed by atoms with Crippen molar-refractivity contribution in [2.45, 2.75) is 25.8 Å². The first-order chi connectivity index (χ1) is 3.50. The highest BCUT2D eigenvalue weighted by molar-refractivity contribution is 5.75. The molecule has 0 spiro atoms. The molecule has 0 bridgehead atoms. The summed E-state index contributed by atoms with van der Waals surface area (Å²) in [5.41, 5.74) is 4.04. The number of carboxylic acid groups (broad SMARTS) is 1. The Morgan fingerprint density at radius 1 is 1.88 bits per heavy atom. The molecule has 3 nitrogen and oxygen atoms in total. The number of aliphatic carboxylic acids is 1. The van der Waals surface area contributed by atoms with Gasteiger partial charge in [-0.3, -0.25) is 0 Å². The van der Waals surface area contributed by atoms with E-state index in [9.17, 15) is 9.90 Å². The third kappa shape index (κ3) is 1.50. The van der Waals surface area contributed by atoms with Gasteiger partial charge in [0.15, 0.2) is 0 Å². The first-order valence-corrected chi connectivity index (χ1v) is 2.51. The van der Waals surface area contributed by atoms with E-state index in [1.54, 1.807) is 6.92 Å². The zero-order valence-electron chi connectivity index (χ0n) is 5.10. The van der Waals surface area contributed by atoms with Gasteiger partial charge in [-0.25, -0.2) is 0 Å². The third-order valence-corrected chi connectivity index (χ3v) is 1.20. The van der Waals surface area contributed by atoms with Gasteiger partial charge < -0.3 is 15.6 Å². The van der Waals surface area contributed by atoms with Crippen molar-refractivity contribution in [3.05, 3.63) is 0 Å². The summed E-state index contributed by atoms with van der Waals surface area (Å²) in [5, 5.41) is 10.0. The first kappa shape index (κ1) is 7.43. The Bertz CT molecular complexity index is 98.6. The number of hydrogen-bond donors (Lipinski definition) is 1. The maximum Gasteiger partial charge on any atom is 0.0610 e. The number of nitrogens with two attached hydrogens (primary N) is 1. The van der Waals surface area contributed by atoms with Crippen molar-refractivity contribution in [3.8, 4) is 0 Å². The van der Waals surface area contributed by atoms with Crippen LogP contribution in [0.4, 0.5) is 0 Å². The Morgan fingerprint density at radius 3 is 2.25 bits per heavy atom. The zero-order chi connectivity index (χ0) is 6.78. The summed E-state index contributed by atoms with van der Waals surface area (Å²) in [5.74, 6) is -1.19. The highest BCUT2D eigenvalue weighted by atomic mass is 16.4. The van der Waals surface area contributed by atoms with Gasteiger partial charge in [0.25, 0.3) is 0 Å². The molecule has 0 aromatic rings. The third-order valence-electron chi connectivity index (χ3n) is 1.20. The van der Waals surface area contributed by atoms with E-state index in [0.29, 0.717) is 6.42 Å². The van der Waals surface area contributed by atoms with Gasteiger partial charge in [-0.1, -0.05) is 6.92 Å². The maximum absolute atomic E-state index is 10.0. The SMILES string of the molecule is CCC(C)(N)C(=O)[O-]. The lowest BCUT2D eigenvalue weighted by atomic mass is 10.0. The van der Waals surface area contributed by atoms with Crippen LogP contribution in [0.2, 0.25) is 0 Å². The molecule has 0 saturated heterocycles. The zero-order valence-corrected chi connectivity index (χ0v) is 5.10. The van der Waals surface area contributed by atoms with Crippen molar-refractivity contribution in [1.29, 1.82) is 0 Å². The Kier molecular flexibility index (Phi) is 1.98. The quantitative estimate of drug-likeness (QED) is 0.496. The predicted molar refractivity (Wildman–Crippen MR) is 27.9 cm³/mol. The van der Waals surface area contributed by atoms with E-state index in [2.05, 4.69) is 0 Å². The van der Waals surface area contributed by atoms with E-state index < -0.39 is 11.5 Å². The molecule has 3 heteroatoms. The lowest BCUT2D eigenvalue weighted by molar-refractivity contribution is -0.312. The second kappa shape index (κ2) is 2.13. The largest absolute Gasteiger partial charge is 0.548 e. The second-order valence-electron chi connectivity index (χ2n) is 2.06. The molecule has 1 unspecified atom stereocenters. The van der Waals surface area contributed by atoms with E-state index in [1.165, 1.54) is 6.92 Å². The lowest BCUT2D eigenvalue weighted by Gasteiger charge is -2.22. The first-order valence-electron chi connectivity index (χ1n) is 2.51. The Balaban J connectivity index is 3.91. The highest BCUT2D eigenvalue weighted by Crippen LogP contribution is 2.00. The van der Waals surface area contributed by atoms with Crippen LogP contribution in [0.5, 0.6) is 0 Å². The van der Waals surface area contributed by atoms with Gasteiger partial charge in [0, 0.05) is 0 Å². The van der Waals surface area contributed by atoms with Crippen molar-refractivity contribution in [3.63, 3.8) is 0 Å². The average Bonchev–Trinajstić information content (AvgIpc) is 1.67. The number of hydrogen-bond acceptors (Lipinski definition) is 3. The molecule has 0 aromatic heterocycles. The molecule has 0 radical (unpaired) electrons. The summed E-state index contributed by atoms with van der Waals surface area (Å²) in [6.07, 6.45) is 0.398. The van der Waals surface area contributed by atoms with Crippen molar-refractivity contribution in [1.82, 2.24) is 0 Å². The lowest BCUT2D eigenvalue weighted by Crippen LogP contribution is -2.52. The topological polar surface area (TPSA) is 66.2 Å². The highest BCUT2D eigenvalue weighted by Gasteiger charge is 2.15. The number of carbonyl (C=O) groups is 1. The summed E-state index contributed by atoms with van der Waals surface area (Å²) in [6.45, 7) is 3.14. The standard InChI is InChI=1S/C5H11NO2/c1-3-5(2,6)4(7)8/h3,6H2,1-2H3,(H,7,8)/p-1. The summed E-state index contributed by atoms with van der Waals surface area (Å²) in [4.78, 5) is 10.0. The summed E-state index contributed by atoms with van der Waals surface area (Å²) >= 11 is 0. The minimum Gasteiger partial charge on any atom is -0.548 e. The van der Waals surface area contributed by atoms with Crippen LogP contribution in [0.15, 0.2) is 0 Å². The summed E-state index contributed by atoms with van der Waals surface area (Å²) in [6, 6.07) is 0. The Labute approximate surface area is 48.5 Å². The molecule has 0 rings (SSSR count). The van der Waals surface area contributed by atoms with Gasteiger partial charge >= 0.3 is 0 Å². The van der Waals surface area contributed by atoms with Crippen LogP contribution < -0.4 is 10.8 Å². The molecular formula is C5H10NO2-. The van der Waals surface area contributed by atoms with Gasteiger partial charge in [-0.2, -0.15) is 0 Å². The molecule has 0 aromatic carbocycles. The number of carbonyl (C=O) groups excluding carboxylic acids is 1. The van der Waals surface area contributed by atoms with Gasteiger partial charge in [0.2, 0.25) is 0 Å². The summed E-state index contributed by atoms with van der Waals surface area (Å²) < 4.78 is 0. The van der Waals surface area contributed by atoms with E-state index in [1.807, 2.05) is 0 Å². The molecule has 0 heterocycles. The molecule has 0 fully saturated rings. The van der Waals surface area contributed by atoms with Gasteiger partial charge in [0.05, 0.1) is 11.5 Å². The maximum atomic E-state index is 10.0. The normalized spacial score (nSPS) is 17.4. The molecule has 2 N–H and O–H groups in total. The van der Waals surface area contributed by atoms with Crippen molar-refractivity contribution >= 4 is 5.97 Å². The number of rotatable bonds is 2. The van der Waals surface area contributed by atoms with Crippen LogP contribution in [0.25, 0.3) is 0 Å². The van der Waals surface area contributed by atoms with E-state index in [-0.39, 0.29) is 0 Å². The van der Waals surface area contributed by atoms with Crippen molar-refractivity contribution in [2.24, 2.45) is 5.73 Å². The van der Waals surface area contributed by atoms with E-state index >= 15 is 0 Å².